The quantitative estimate of drug-likeness (QED) is 0.494. The summed E-state index contributed by atoms with van der Waals surface area (Å²) < 4.78 is 0. The predicted octanol–water partition coefficient (Wildman–Crippen LogP) is 3.76. The van der Waals surface area contributed by atoms with Crippen LogP contribution >= 0.6 is 0 Å². The summed E-state index contributed by atoms with van der Waals surface area (Å²) in [4.78, 5) is 32.6. The summed E-state index contributed by atoms with van der Waals surface area (Å²) in [5.41, 5.74) is 4.79. The van der Waals surface area contributed by atoms with E-state index >= 15 is 0 Å². The summed E-state index contributed by atoms with van der Waals surface area (Å²) in [6, 6.07) is 16.6. The molecule has 3 aromatic rings. The Morgan fingerprint density at radius 3 is 2.67 bits per heavy atom. The maximum absolute atomic E-state index is 13.4. The number of nitro benzene ring substituents is 1. The monoisotopic (exact) mass is 400 g/mol. The van der Waals surface area contributed by atoms with Gasteiger partial charge in [0.05, 0.1) is 10.5 Å². The number of fused-ring (bicyclic) bond motifs is 2. The van der Waals surface area contributed by atoms with E-state index in [4.69, 9.17) is 0 Å². The van der Waals surface area contributed by atoms with Gasteiger partial charge in [0, 0.05) is 43.7 Å². The number of carbonyl (C=O) groups is 1. The molecule has 2 aromatic carbocycles. The zero-order chi connectivity index (χ0) is 20.7. The highest BCUT2D eigenvalue weighted by Crippen LogP contribution is 2.32. The largest absolute Gasteiger partial charge is 0.351 e. The highest BCUT2D eigenvalue weighted by Gasteiger charge is 2.29. The van der Waals surface area contributed by atoms with Crippen molar-refractivity contribution in [2.24, 2.45) is 0 Å². The molecule has 0 bridgehead atoms. The summed E-state index contributed by atoms with van der Waals surface area (Å²) in [6.07, 6.45) is 3.29. The number of non-ortho nitro benzene ring substituents is 1. The number of para-hydroxylation sites is 1. The third kappa shape index (κ3) is 3.08. The minimum Gasteiger partial charge on any atom is -0.351 e. The van der Waals surface area contributed by atoms with Gasteiger partial charge in [-0.25, -0.2) is 4.98 Å². The second-order valence-corrected chi connectivity index (χ2v) is 7.59. The molecule has 7 heteroatoms. The summed E-state index contributed by atoms with van der Waals surface area (Å²) in [7, 11) is 0. The molecule has 0 fully saturated rings. The zero-order valence-corrected chi connectivity index (χ0v) is 16.3. The van der Waals surface area contributed by atoms with Crippen LogP contribution in [0.2, 0.25) is 0 Å². The van der Waals surface area contributed by atoms with Gasteiger partial charge in [0.1, 0.15) is 5.82 Å². The molecule has 5 rings (SSSR count). The SMILES string of the molecule is O=C(c1cccnc1N1CCc2ccc([N+](=O)[O-])cc2C1)N1CCc2ccccc21. The maximum Gasteiger partial charge on any atom is 0.269 e. The van der Waals surface area contributed by atoms with Gasteiger partial charge in [-0.1, -0.05) is 24.3 Å². The number of nitro groups is 1. The molecule has 150 valence electrons. The van der Waals surface area contributed by atoms with Gasteiger partial charge in [-0.05, 0) is 47.7 Å². The van der Waals surface area contributed by atoms with Gasteiger partial charge in [-0.15, -0.1) is 0 Å². The average Bonchev–Trinajstić information content (AvgIpc) is 3.22. The lowest BCUT2D eigenvalue weighted by Gasteiger charge is -2.31. The van der Waals surface area contributed by atoms with Crippen LogP contribution in [0.25, 0.3) is 0 Å². The molecule has 0 unspecified atom stereocenters. The normalized spacial score (nSPS) is 14.9. The predicted molar refractivity (Wildman–Crippen MR) is 114 cm³/mol. The van der Waals surface area contributed by atoms with Gasteiger partial charge < -0.3 is 9.80 Å². The third-order valence-electron chi connectivity index (χ3n) is 5.86. The Kier molecular flexibility index (Phi) is 4.43. The molecule has 2 aliphatic rings. The van der Waals surface area contributed by atoms with Crippen LogP contribution in [-0.4, -0.2) is 28.9 Å². The first kappa shape index (κ1) is 18.3. The molecule has 0 saturated heterocycles. The number of aromatic nitrogens is 1. The number of rotatable bonds is 3. The lowest BCUT2D eigenvalue weighted by atomic mass is 9.98. The van der Waals surface area contributed by atoms with Crippen LogP contribution in [-0.2, 0) is 19.4 Å². The number of benzene rings is 2. The van der Waals surface area contributed by atoms with E-state index in [9.17, 15) is 14.9 Å². The zero-order valence-electron chi connectivity index (χ0n) is 16.3. The number of hydrogen-bond donors (Lipinski definition) is 0. The topological polar surface area (TPSA) is 79.6 Å². The number of carbonyl (C=O) groups excluding carboxylic acids is 1. The molecule has 2 aliphatic heterocycles. The average molecular weight is 400 g/mol. The number of anilines is 2. The van der Waals surface area contributed by atoms with Gasteiger partial charge in [0.25, 0.3) is 11.6 Å². The van der Waals surface area contributed by atoms with Crippen molar-refractivity contribution in [1.29, 1.82) is 0 Å². The molecular formula is C23H20N4O3. The Morgan fingerprint density at radius 1 is 0.967 bits per heavy atom. The van der Waals surface area contributed by atoms with E-state index in [-0.39, 0.29) is 16.5 Å². The van der Waals surface area contributed by atoms with Crippen LogP contribution in [0.3, 0.4) is 0 Å². The molecule has 0 atom stereocenters. The first-order valence-corrected chi connectivity index (χ1v) is 9.98. The number of amides is 1. The van der Waals surface area contributed by atoms with Crippen LogP contribution < -0.4 is 9.80 Å². The Hall–Kier alpha value is -3.74. The summed E-state index contributed by atoms with van der Waals surface area (Å²) in [5.74, 6) is 0.567. The molecule has 0 radical (unpaired) electrons. The molecule has 7 nitrogen and oxygen atoms in total. The van der Waals surface area contributed by atoms with Crippen molar-refractivity contribution in [3.63, 3.8) is 0 Å². The van der Waals surface area contributed by atoms with Crippen molar-refractivity contribution in [3.05, 3.63) is 93.2 Å². The van der Waals surface area contributed by atoms with Crippen LogP contribution in [0.15, 0.2) is 60.8 Å². The van der Waals surface area contributed by atoms with Crippen molar-refractivity contribution in [1.82, 2.24) is 4.98 Å². The number of nitrogens with zero attached hydrogens (tertiary/aromatic N) is 4. The Morgan fingerprint density at radius 2 is 1.80 bits per heavy atom. The molecule has 3 heterocycles. The van der Waals surface area contributed by atoms with Crippen molar-refractivity contribution in [3.8, 4) is 0 Å². The van der Waals surface area contributed by atoms with Gasteiger partial charge in [-0.2, -0.15) is 0 Å². The smallest absolute Gasteiger partial charge is 0.269 e. The fourth-order valence-corrected chi connectivity index (χ4v) is 4.35. The molecule has 0 aliphatic carbocycles. The minimum atomic E-state index is -0.375. The van der Waals surface area contributed by atoms with Crippen molar-refractivity contribution >= 4 is 23.1 Å². The van der Waals surface area contributed by atoms with Gasteiger partial charge in [-0.3, -0.25) is 14.9 Å². The van der Waals surface area contributed by atoms with E-state index in [2.05, 4.69) is 11.1 Å². The van der Waals surface area contributed by atoms with E-state index in [1.807, 2.05) is 40.1 Å². The van der Waals surface area contributed by atoms with Crippen molar-refractivity contribution in [2.45, 2.75) is 19.4 Å². The van der Waals surface area contributed by atoms with E-state index in [0.717, 1.165) is 29.7 Å². The van der Waals surface area contributed by atoms with E-state index in [1.165, 1.54) is 5.56 Å². The van der Waals surface area contributed by atoms with Crippen molar-refractivity contribution in [2.75, 3.05) is 22.9 Å². The Bertz CT molecular complexity index is 1160. The molecule has 0 N–H and O–H groups in total. The molecule has 1 amide bonds. The Balaban J connectivity index is 1.47. The van der Waals surface area contributed by atoms with Crippen LogP contribution in [0, 0.1) is 10.1 Å². The third-order valence-corrected chi connectivity index (χ3v) is 5.86. The second-order valence-electron chi connectivity index (χ2n) is 7.59. The van der Waals surface area contributed by atoms with E-state index < -0.39 is 0 Å². The van der Waals surface area contributed by atoms with Gasteiger partial charge >= 0.3 is 0 Å². The van der Waals surface area contributed by atoms with E-state index in [0.29, 0.717) is 31.0 Å². The first-order chi connectivity index (χ1) is 14.6. The van der Waals surface area contributed by atoms with E-state index in [1.54, 1.807) is 24.4 Å². The minimum absolute atomic E-state index is 0.0621. The lowest BCUT2D eigenvalue weighted by molar-refractivity contribution is -0.384. The van der Waals surface area contributed by atoms with Crippen molar-refractivity contribution < 1.29 is 9.72 Å². The second kappa shape index (κ2) is 7.26. The fourth-order valence-electron chi connectivity index (χ4n) is 4.35. The Labute approximate surface area is 173 Å². The fraction of sp³-hybridized carbons (Fsp3) is 0.217. The highest BCUT2D eigenvalue weighted by molar-refractivity contribution is 6.10. The standard InChI is InChI=1S/C23H20N4O3/c28-23(26-13-10-17-4-1-2-6-21(17)26)20-5-3-11-24-22(20)25-12-9-16-7-8-19(27(29)30)14-18(16)15-25/h1-8,11,14H,9-10,12-13,15H2. The molecule has 0 saturated carbocycles. The molecular weight excluding hydrogens is 380 g/mol. The maximum atomic E-state index is 13.4. The number of hydrogen-bond acceptors (Lipinski definition) is 5. The van der Waals surface area contributed by atoms with Gasteiger partial charge in [0.2, 0.25) is 0 Å². The van der Waals surface area contributed by atoms with Crippen LogP contribution in [0.5, 0.6) is 0 Å². The number of pyridine rings is 1. The summed E-state index contributed by atoms with van der Waals surface area (Å²) in [6.45, 7) is 1.85. The summed E-state index contributed by atoms with van der Waals surface area (Å²) in [5, 5.41) is 11.2. The van der Waals surface area contributed by atoms with Crippen LogP contribution in [0.4, 0.5) is 17.2 Å². The lowest BCUT2D eigenvalue weighted by Crippen LogP contribution is -2.35. The first-order valence-electron chi connectivity index (χ1n) is 9.98. The molecule has 0 spiro atoms. The molecule has 1 aromatic heterocycles. The van der Waals surface area contributed by atoms with Crippen LogP contribution in [0.1, 0.15) is 27.0 Å². The molecule has 30 heavy (non-hydrogen) atoms. The summed E-state index contributed by atoms with van der Waals surface area (Å²) >= 11 is 0. The van der Waals surface area contributed by atoms with Gasteiger partial charge in [0.15, 0.2) is 0 Å². The highest BCUT2D eigenvalue weighted by atomic mass is 16.6.